The average molecular weight is 384 g/mol. The van der Waals surface area contributed by atoms with Crippen molar-refractivity contribution >= 4 is 16.8 Å². The molecule has 1 fully saturated rings. The number of carbonyl (C=O) groups excluding carboxylic acids is 1. The fraction of sp³-hybridized carbons (Fsp3) is 0.217. The van der Waals surface area contributed by atoms with Gasteiger partial charge in [-0.15, -0.1) is 0 Å². The minimum absolute atomic E-state index is 0.0860. The largest absolute Gasteiger partial charge is 0.461 e. The van der Waals surface area contributed by atoms with Crippen LogP contribution in [0.25, 0.3) is 33.7 Å². The van der Waals surface area contributed by atoms with Gasteiger partial charge >= 0.3 is 0 Å². The molecule has 144 valence electrons. The molecule has 6 nitrogen and oxygen atoms in total. The Morgan fingerprint density at radius 3 is 2.72 bits per heavy atom. The van der Waals surface area contributed by atoms with Crippen molar-refractivity contribution in [2.45, 2.75) is 32.2 Å². The Hall–Kier alpha value is -3.54. The van der Waals surface area contributed by atoms with E-state index in [9.17, 15) is 4.79 Å². The Morgan fingerprint density at radius 1 is 1.17 bits per heavy atom. The van der Waals surface area contributed by atoms with E-state index in [1.54, 1.807) is 18.7 Å². The minimum atomic E-state index is 0.0860. The Balaban J connectivity index is 1.42. The van der Waals surface area contributed by atoms with Gasteiger partial charge in [0.15, 0.2) is 11.6 Å². The van der Waals surface area contributed by atoms with Gasteiger partial charge in [0.05, 0.1) is 23.9 Å². The van der Waals surface area contributed by atoms with Gasteiger partial charge in [0.2, 0.25) is 5.91 Å². The molecule has 1 N–H and O–H groups in total. The van der Waals surface area contributed by atoms with Crippen molar-refractivity contribution in [1.82, 2.24) is 20.3 Å². The lowest BCUT2D eigenvalue weighted by molar-refractivity contribution is -0.120. The van der Waals surface area contributed by atoms with Gasteiger partial charge in [-0.3, -0.25) is 4.79 Å². The number of hydrogen-bond acceptors (Lipinski definition) is 5. The zero-order valence-corrected chi connectivity index (χ0v) is 16.1. The Bertz CT molecular complexity index is 1180. The van der Waals surface area contributed by atoms with E-state index in [0.717, 1.165) is 46.1 Å². The zero-order valence-electron chi connectivity index (χ0n) is 16.1. The molecule has 1 amide bonds. The molecule has 5 rings (SSSR count). The fourth-order valence-electron chi connectivity index (χ4n) is 3.38. The molecule has 3 aromatic heterocycles. The number of fused-ring (bicyclic) bond motifs is 1. The van der Waals surface area contributed by atoms with Crippen molar-refractivity contribution < 1.29 is 9.21 Å². The van der Waals surface area contributed by atoms with E-state index in [1.165, 1.54) is 0 Å². The first-order valence-electron chi connectivity index (χ1n) is 9.72. The first kappa shape index (κ1) is 17.6. The van der Waals surface area contributed by atoms with Crippen LogP contribution in [0.5, 0.6) is 0 Å². The highest BCUT2D eigenvalue weighted by Gasteiger charge is 2.23. The number of carbonyl (C=O) groups is 1. The maximum atomic E-state index is 12.1. The highest BCUT2D eigenvalue weighted by atomic mass is 16.3. The summed E-state index contributed by atoms with van der Waals surface area (Å²) in [5.74, 6) is 1.27. The fourth-order valence-corrected chi connectivity index (χ4v) is 3.38. The lowest BCUT2D eigenvalue weighted by atomic mass is 10.0. The van der Waals surface area contributed by atoms with E-state index in [0.29, 0.717) is 24.0 Å². The molecule has 0 aliphatic heterocycles. The van der Waals surface area contributed by atoms with Crippen LogP contribution in [0.4, 0.5) is 0 Å². The van der Waals surface area contributed by atoms with E-state index < -0.39 is 0 Å². The number of benzene rings is 1. The number of aromatic nitrogens is 3. The molecule has 6 heteroatoms. The second-order valence-electron chi connectivity index (χ2n) is 7.47. The summed E-state index contributed by atoms with van der Waals surface area (Å²) in [7, 11) is 0. The van der Waals surface area contributed by atoms with E-state index >= 15 is 0 Å². The number of hydrogen-bond donors (Lipinski definition) is 1. The summed E-state index contributed by atoms with van der Waals surface area (Å²) in [6, 6.07) is 12.1. The van der Waals surface area contributed by atoms with Gasteiger partial charge in [0, 0.05) is 29.4 Å². The van der Waals surface area contributed by atoms with Gasteiger partial charge in [-0.1, -0.05) is 6.07 Å². The van der Waals surface area contributed by atoms with Gasteiger partial charge in [-0.25, -0.2) is 15.0 Å². The number of amides is 1. The maximum absolute atomic E-state index is 12.1. The Morgan fingerprint density at radius 2 is 2.00 bits per heavy atom. The molecule has 0 unspecified atom stereocenters. The highest BCUT2D eigenvalue weighted by Crippen LogP contribution is 2.26. The summed E-state index contributed by atoms with van der Waals surface area (Å²) in [4.78, 5) is 25.6. The van der Waals surface area contributed by atoms with Crippen molar-refractivity contribution in [1.29, 1.82) is 0 Å². The third kappa shape index (κ3) is 3.74. The summed E-state index contributed by atoms with van der Waals surface area (Å²) in [6.07, 6.45) is 7.72. The topological polar surface area (TPSA) is 80.9 Å². The van der Waals surface area contributed by atoms with E-state index in [-0.39, 0.29) is 5.91 Å². The molecule has 0 saturated heterocycles. The molecule has 4 aromatic rings. The first-order valence-corrected chi connectivity index (χ1v) is 9.72. The van der Waals surface area contributed by atoms with Crippen molar-refractivity contribution in [2.24, 2.45) is 0 Å². The first-order chi connectivity index (χ1) is 14.2. The molecule has 1 aliphatic rings. The molecule has 1 saturated carbocycles. The van der Waals surface area contributed by atoms with Crippen LogP contribution in [-0.2, 0) is 11.2 Å². The molecule has 1 aromatic carbocycles. The quantitative estimate of drug-likeness (QED) is 0.561. The second kappa shape index (κ2) is 7.13. The minimum Gasteiger partial charge on any atom is -0.461 e. The van der Waals surface area contributed by atoms with Crippen LogP contribution in [0.2, 0.25) is 0 Å². The molecule has 1 aliphatic carbocycles. The average Bonchev–Trinajstić information content (AvgIpc) is 3.36. The van der Waals surface area contributed by atoms with Gasteiger partial charge in [-0.05, 0) is 61.2 Å². The normalized spacial score (nSPS) is 13.6. The molecule has 0 bridgehead atoms. The summed E-state index contributed by atoms with van der Waals surface area (Å²) in [6.45, 7) is 2.06. The van der Waals surface area contributed by atoms with Crippen LogP contribution in [-0.4, -0.2) is 26.9 Å². The predicted octanol–water partition coefficient (Wildman–Crippen LogP) is 4.08. The monoisotopic (exact) mass is 384 g/mol. The van der Waals surface area contributed by atoms with Crippen LogP contribution >= 0.6 is 0 Å². The summed E-state index contributed by atoms with van der Waals surface area (Å²) >= 11 is 0. The number of nitrogens with zero attached hydrogens (tertiary/aromatic N) is 3. The molecule has 0 atom stereocenters. The zero-order chi connectivity index (χ0) is 19.8. The van der Waals surface area contributed by atoms with Crippen LogP contribution in [0.3, 0.4) is 0 Å². The van der Waals surface area contributed by atoms with E-state index in [4.69, 9.17) is 9.40 Å². The number of rotatable bonds is 5. The molecular weight excluding hydrogens is 364 g/mol. The Labute approximate surface area is 168 Å². The number of pyridine rings is 1. The SMILES string of the molecule is Cc1cc(-c2cnc(-c3ccco3)nc2)nc2ccc(CC(=O)NC3CC3)cc12. The predicted molar refractivity (Wildman–Crippen MR) is 110 cm³/mol. The second-order valence-corrected chi connectivity index (χ2v) is 7.47. The van der Waals surface area contributed by atoms with Crippen molar-refractivity contribution in [3.63, 3.8) is 0 Å². The number of nitrogens with one attached hydrogen (secondary N) is 1. The third-order valence-electron chi connectivity index (χ3n) is 5.08. The molecule has 3 heterocycles. The van der Waals surface area contributed by atoms with Crippen molar-refractivity contribution in [3.05, 3.63) is 66.2 Å². The van der Waals surface area contributed by atoms with E-state index in [1.807, 2.05) is 30.3 Å². The Kier molecular flexibility index (Phi) is 4.31. The van der Waals surface area contributed by atoms with Gasteiger partial charge in [0.25, 0.3) is 0 Å². The molecule has 0 radical (unpaired) electrons. The number of aryl methyl sites for hydroxylation is 1. The lowest BCUT2D eigenvalue weighted by Gasteiger charge is -2.09. The van der Waals surface area contributed by atoms with Crippen molar-refractivity contribution in [3.8, 4) is 22.8 Å². The van der Waals surface area contributed by atoms with E-state index in [2.05, 4.69) is 28.3 Å². The molecule has 29 heavy (non-hydrogen) atoms. The van der Waals surface area contributed by atoms with Gasteiger partial charge in [0.1, 0.15) is 0 Å². The molecule has 0 spiro atoms. The van der Waals surface area contributed by atoms with Crippen LogP contribution < -0.4 is 5.32 Å². The van der Waals surface area contributed by atoms with Crippen molar-refractivity contribution in [2.75, 3.05) is 0 Å². The summed E-state index contributed by atoms with van der Waals surface area (Å²) in [5, 5.41) is 4.09. The molecular formula is C23H20N4O2. The number of furan rings is 1. The lowest BCUT2D eigenvalue weighted by Crippen LogP contribution is -2.26. The van der Waals surface area contributed by atoms with Gasteiger partial charge in [-0.2, -0.15) is 0 Å². The van der Waals surface area contributed by atoms with Crippen LogP contribution in [0.15, 0.2) is 59.5 Å². The van der Waals surface area contributed by atoms with Gasteiger partial charge < -0.3 is 9.73 Å². The summed E-state index contributed by atoms with van der Waals surface area (Å²) < 4.78 is 5.34. The third-order valence-corrected chi connectivity index (χ3v) is 5.08. The maximum Gasteiger partial charge on any atom is 0.224 e. The highest BCUT2D eigenvalue weighted by molar-refractivity contribution is 5.87. The smallest absolute Gasteiger partial charge is 0.224 e. The van der Waals surface area contributed by atoms with Crippen LogP contribution in [0, 0.1) is 6.92 Å². The summed E-state index contributed by atoms with van der Waals surface area (Å²) in [5.41, 5.74) is 4.66. The standard InChI is InChI=1S/C23H20N4O2/c1-14-9-20(16-12-24-23(25-13-16)21-3-2-8-29-21)27-19-7-4-15(10-18(14)19)11-22(28)26-17-5-6-17/h2-4,7-10,12-13,17H,5-6,11H2,1H3,(H,26,28). The van der Waals surface area contributed by atoms with Crippen LogP contribution in [0.1, 0.15) is 24.0 Å².